The van der Waals surface area contributed by atoms with Gasteiger partial charge in [0.1, 0.15) is 5.82 Å². The van der Waals surface area contributed by atoms with E-state index in [4.69, 9.17) is 11.6 Å². The Morgan fingerprint density at radius 3 is 2.46 bits per heavy atom. The molecule has 2 aromatic carbocycles. The number of rotatable bonds is 3. The molecular weight excluding hydrogens is 403 g/mol. The van der Waals surface area contributed by atoms with Crippen LogP contribution in [0.15, 0.2) is 41.3 Å². The van der Waals surface area contributed by atoms with Gasteiger partial charge in [-0.2, -0.15) is 4.31 Å². The summed E-state index contributed by atoms with van der Waals surface area (Å²) in [4.78, 5) is 14.8. The van der Waals surface area contributed by atoms with Gasteiger partial charge in [-0.15, -0.1) is 0 Å². The Bertz CT molecular complexity index is 1040. The van der Waals surface area contributed by atoms with Crippen LogP contribution in [0.25, 0.3) is 0 Å². The molecule has 0 N–H and O–H groups in total. The second-order valence-electron chi connectivity index (χ2n) is 7.09. The Morgan fingerprint density at radius 1 is 1.00 bits per heavy atom. The van der Waals surface area contributed by atoms with Crippen molar-refractivity contribution >= 4 is 33.2 Å². The van der Waals surface area contributed by atoms with Crippen molar-refractivity contribution in [2.45, 2.75) is 30.6 Å². The van der Waals surface area contributed by atoms with E-state index in [0.29, 0.717) is 38.2 Å². The average Bonchev–Trinajstić information content (AvgIpc) is 3.22. The lowest BCUT2D eigenvalue weighted by molar-refractivity contribution is 0.0985. The van der Waals surface area contributed by atoms with Crippen LogP contribution in [0.1, 0.15) is 35.2 Å². The SMILES string of the molecule is O=C(c1ccc(F)cc1Cl)N1CCCc2cc(S(=O)(=O)N3CCCC3)ccc21. The van der Waals surface area contributed by atoms with Gasteiger partial charge in [0.05, 0.1) is 15.5 Å². The molecule has 2 aliphatic heterocycles. The fraction of sp³-hybridized carbons (Fsp3) is 0.350. The lowest BCUT2D eigenvalue weighted by Crippen LogP contribution is -2.36. The van der Waals surface area contributed by atoms with Crippen LogP contribution < -0.4 is 4.90 Å². The predicted molar refractivity (Wildman–Crippen MR) is 106 cm³/mol. The molecule has 0 aromatic heterocycles. The zero-order chi connectivity index (χ0) is 19.9. The molecule has 1 amide bonds. The maximum atomic E-state index is 13.3. The Kier molecular flexibility index (Phi) is 5.16. The maximum absolute atomic E-state index is 13.3. The van der Waals surface area contributed by atoms with Crippen molar-refractivity contribution in [1.82, 2.24) is 4.31 Å². The third kappa shape index (κ3) is 3.43. The first-order chi connectivity index (χ1) is 13.4. The van der Waals surface area contributed by atoms with Crippen molar-refractivity contribution in [2.75, 3.05) is 24.5 Å². The number of nitrogens with zero attached hydrogens (tertiary/aromatic N) is 2. The molecule has 0 spiro atoms. The normalized spacial score (nSPS) is 17.6. The van der Waals surface area contributed by atoms with Gasteiger partial charge in [-0.05, 0) is 67.6 Å². The molecule has 1 fully saturated rings. The molecule has 0 aliphatic carbocycles. The fourth-order valence-corrected chi connectivity index (χ4v) is 5.65. The summed E-state index contributed by atoms with van der Waals surface area (Å²) in [5, 5.41) is 0.0605. The third-order valence-corrected chi connectivity index (χ3v) is 7.49. The van der Waals surface area contributed by atoms with E-state index in [2.05, 4.69) is 0 Å². The number of amides is 1. The molecule has 2 aromatic rings. The standard InChI is InChI=1S/C20H20ClFN2O3S/c21-18-13-15(22)5-7-17(18)20(25)24-11-3-4-14-12-16(6-8-19(14)24)28(26,27)23-9-1-2-10-23/h5-8,12-13H,1-4,9-11H2. The minimum absolute atomic E-state index is 0.0605. The summed E-state index contributed by atoms with van der Waals surface area (Å²) in [5.74, 6) is -0.821. The number of fused-ring (bicyclic) bond motifs is 1. The highest BCUT2D eigenvalue weighted by atomic mass is 35.5. The first-order valence-electron chi connectivity index (χ1n) is 9.28. The number of halogens is 2. The van der Waals surface area contributed by atoms with E-state index in [-0.39, 0.29) is 21.4 Å². The molecule has 4 rings (SSSR count). The molecular formula is C20H20ClFN2O3S. The van der Waals surface area contributed by atoms with Crippen molar-refractivity contribution in [2.24, 2.45) is 0 Å². The summed E-state index contributed by atoms with van der Waals surface area (Å²) >= 11 is 6.06. The molecule has 0 unspecified atom stereocenters. The summed E-state index contributed by atoms with van der Waals surface area (Å²) in [6.45, 7) is 1.60. The zero-order valence-corrected chi connectivity index (χ0v) is 16.8. The van der Waals surface area contributed by atoms with E-state index >= 15 is 0 Å². The highest BCUT2D eigenvalue weighted by Gasteiger charge is 2.30. The van der Waals surface area contributed by atoms with Crippen LogP contribution in [-0.4, -0.2) is 38.3 Å². The van der Waals surface area contributed by atoms with Crippen LogP contribution in [0.3, 0.4) is 0 Å². The number of sulfonamides is 1. The molecule has 0 atom stereocenters. The minimum Gasteiger partial charge on any atom is -0.308 e. The van der Waals surface area contributed by atoms with Gasteiger partial charge in [-0.25, -0.2) is 12.8 Å². The van der Waals surface area contributed by atoms with E-state index in [1.807, 2.05) is 0 Å². The summed E-state index contributed by atoms with van der Waals surface area (Å²) in [7, 11) is -3.51. The van der Waals surface area contributed by atoms with Crippen LogP contribution in [-0.2, 0) is 16.4 Å². The summed E-state index contributed by atoms with van der Waals surface area (Å²) in [5.41, 5.74) is 1.72. The Labute approximate surface area is 168 Å². The lowest BCUT2D eigenvalue weighted by Gasteiger charge is -2.30. The van der Waals surface area contributed by atoms with Gasteiger partial charge >= 0.3 is 0 Å². The molecule has 28 heavy (non-hydrogen) atoms. The number of hydrogen-bond donors (Lipinski definition) is 0. The predicted octanol–water partition coefficient (Wildman–Crippen LogP) is 3.86. The minimum atomic E-state index is -3.51. The zero-order valence-electron chi connectivity index (χ0n) is 15.2. The van der Waals surface area contributed by atoms with Crippen LogP contribution in [0.5, 0.6) is 0 Å². The Balaban J connectivity index is 1.68. The van der Waals surface area contributed by atoms with Crippen LogP contribution >= 0.6 is 11.6 Å². The maximum Gasteiger partial charge on any atom is 0.259 e. The van der Waals surface area contributed by atoms with E-state index in [1.54, 1.807) is 23.1 Å². The largest absolute Gasteiger partial charge is 0.308 e. The van der Waals surface area contributed by atoms with E-state index in [0.717, 1.165) is 24.5 Å². The highest BCUT2D eigenvalue weighted by molar-refractivity contribution is 7.89. The van der Waals surface area contributed by atoms with Crippen LogP contribution in [0.2, 0.25) is 5.02 Å². The van der Waals surface area contributed by atoms with E-state index < -0.39 is 15.8 Å². The van der Waals surface area contributed by atoms with Crippen molar-refractivity contribution in [1.29, 1.82) is 0 Å². The van der Waals surface area contributed by atoms with Gasteiger partial charge in [-0.3, -0.25) is 4.79 Å². The Morgan fingerprint density at radius 2 is 1.75 bits per heavy atom. The van der Waals surface area contributed by atoms with Gasteiger partial charge in [0.25, 0.3) is 5.91 Å². The molecule has 8 heteroatoms. The topological polar surface area (TPSA) is 57.7 Å². The molecule has 2 heterocycles. The monoisotopic (exact) mass is 422 g/mol. The summed E-state index contributed by atoms with van der Waals surface area (Å²) in [6, 6.07) is 8.62. The average molecular weight is 423 g/mol. The van der Waals surface area contributed by atoms with Gasteiger partial charge in [0, 0.05) is 25.3 Å². The first-order valence-corrected chi connectivity index (χ1v) is 11.1. The van der Waals surface area contributed by atoms with Gasteiger partial charge in [0.15, 0.2) is 0 Å². The van der Waals surface area contributed by atoms with E-state index in [9.17, 15) is 17.6 Å². The number of benzene rings is 2. The van der Waals surface area contributed by atoms with E-state index in [1.165, 1.54) is 16.4 Å². The fourth-order valence-electron chi connectivity index (χ4n) is 3.83. The molecule has 0 saturated carbocycles. The molecule has 2 aliphatic rings. The van der Waals surface area contributed by atoms with Gasteiger partial charge < -0.3 is 4.90 Å². The molecule has 0 radical (unpaired) electrons. The van der Waals surface area contributed by atoms with Crippen molar-refractivity contribution in [3.05, 3.63) is 58.4 Å². The summed E-state index contributed by atoms with van der Waals surface area (Å²) in [6.07, 6.45) is 3.17. The number of carbonyl (C=O) groups excluding carboxylic acids is 1. The lowest BCUT2D eigenvalue weighted by atomic mass is 10.0. The number of carbonyl (C=O) groups is 1. The van der Waals surface area contributed by atoms with Gasteiger partial charge in [0.2, 0.25) is 10.0 Å². The highest BCUT2D eigenvalue weighted by Crippen LogP contribution is 2.33. The molecule has 148 valence electrons. The third-order valence-electron chi connectivity index (χ3n) is 5.28. The summed E-state index contributed by atoms with van der Waals surface area (Å²) < 4.78 is 40.5. The number of anilines is 1. The quantitative estimate of drug-likeness (QED) is 0.754. The second-order valence-corrected chi connectivity index (χ2v) is 9.43. The van der Waals surface area contributed by atoms with Crippen molar-refractivity contribution in [3.63, 3.8) is 0 Å². The first kappa shape index (κ1) is 19.4. The molecule has 5 nitrogen and oxygen atoms in total. The molecule has 0 bridgehead atoms. The Hall–Kier alpha value is -1.96. The number of aryl methyl sites for hydroxylation is 1. The van der Waals surface area contributed by atoms with Crippen molar-refractivity contribution in [3.8, 4) is 0 Å². The smallest absolute Gasteiger partial charge is 0.259 e. The van der Waals surface area contributed by atoms with Gasteiger partial charge in [-0.1, -0.05) is 11.6 Å². The van der Waals surface area contributed by atoms with Crippen LogP contribution in [0.4, 0.5) is 10.1 Å². The number of hydrogen-bond acceptors (Lipinski definition) is 3. The molecule has 1 saturated heterocycles. The van der Waals surface area contributed by atoms with Crippen LogP contribution in [0, 0.1) is 5.82 Å². The van der Waals surface area contributed by atoms with Crippen molar-refractivity contribution < 1.29 is 17.6 Å². The second kappa shape index (κ2) is 7.46.